The topological polar surface area (TPSA) is 108 Å². The van der Waals surface area contributed by atoms with Gasteiger partial charge in [-0.25, -0.2) is 4.79 Å². The molecule has 0 amide bonds. The highest BCUT2D eigenvalue weighted by Gasteiger charge is 2.36. The Kier molecular flexibility index (Phi) is 8.94. The highest BCUT2D eigenvalue weighted by Crippen LogP contribution is 2.48. The number of Topliss-reactive ketones (excluding diaryl/α,β-unsaturated/α-hetero) is 1. The molecule has 0 saturated carbocycles. The van der Waals surface area contributed by atoms with Crippen LogP contribution in [0.1, 0.15) is 98.7 Å². The van der Waals surface area contributed by atoms with E-state index in [9.17, 15) is 19.5 Å². The molecule has 8 nitrogen and oxygen atoms in total. The molecule has 2 aliphatic heterocycles. The quantitative estimate of drug-likeness (QED) is 0.368. The summed E-state index contributed by atoms with van der Waals surface area (Å²) in [5.74, 6) is -0.525. The first-order valence-electron chi connectivity index (χ1n) is 13.5. The Hall–Kier alpha value is -3.81. The Morgan fingerprint density at radius 3 is 2.56 bits per heavy atom. The fourth-order valence-corrected chi connectivity index (χ4v) is 5.06. The van der Waals surface area contributed by atoms with Gasteiger partial charge in [-0.2, -0.15) is 0 Å². The Balaban J connectivity index is 1.82. The zero-order valence-corrected chi connectivity index (χ0v) is 23.0. The monoisotopic (exact) mass is 536 g/mol. The number of rotatable bonds is 4. The summed E-state index contributed by atoms with van der Waals surface area (Å²) in [6, 6.07) is 6.96. The standard InChI is InChI=1S/C31H36O8/c1-18(2)37-25-15-20(13-14-24(25)36-4)23-17-27(33)39-26-16-21-10-6-5-7-11-22(32)12-8-9-19(3)38-31(35)28(21)30(34)29(23)26/h6,10,13-16,18-19,23,34H,5,7-9,11-12,17H2,1-4H3/t19-,23?/m0/s1. The van der Waals surface area contributed by atoms with Gasteiger partial charge in [-0.15, -0.1) is 0 Å². The molecule has 8 heteroatoms. The largest absolute Gasteiger partial charge is 0.507 e. The summed E-state index contributed by atoms with van der Waals surface area (Å²) in [6.07, 6.45) is 6.41. The Morgan fingerprint density at radius 2 is 1.82 bits per heavy atom. The van der Waals surface area contributed by atoms with Gasteiger partial charge in [0.15, 0.2) is 11.5 Å². The molecule has 39 heavy (non-hydrogen) atoms. The molecule has 0 radical (unpaired) electrons. The molecule has 2 aromatic rings. The van der Waals surface area contributed by atoms with Gasteiger partial charge in [-0.1, -0.05) is 18.2 Å². The summed E-state index contributed by atoms with van der Waals surface area (Å²) in [7, 11) is 1.55. The number of carbonyl (C=O) groups excluding carboxylic acids is 3. The van der Waals surface area contributed by atoms with Crippen LogP contribution < -0.4 is 14.2 Å². The van der Waals surface area contributed by atoms with Crippen molar-refractivity contribution in [3.8, 4) is 23.0 Å². The first-order valence-corrected chi connectivity index (χ1v) is 13.5. The number of hydrogen-bond acceptors (Lipinski definition) is 8. The van der Waals surface area contributed by atoms with Crippen molar-refractivity contribution in [2.45, 2.75) is 83.8 Å². The lowest BCUT2D eigenvalue weighted by Gasteiger charge is -2.28. The van der Waals surface area contributed by atoms with E-state index in [0.717, 1.165) is 0 Å². The zero-order valence-electron chi connectivity index (χ0n) is 23.0. The van der Waals surface area contributed by atoms with Crippen LogP contribution in [-0.4, -0.2) is 42.1 Å². The molecule has 208 valence electrons. The number of fused-ring (bicyclic) bond motifs is 2. The molecule has 4 rings (SSSR count). The van der Waals surface area contributed by atoms with Gasteiger partial charge >= 0.3 is 11.9 Å². The molecule has 2 aliphatic rings. The number of methoxy groups -OCH3 is 1. The predicted octanol–water partition coefficient (Wildman–Crippen LogP) is 6.11. The van der Waals surface area contributed by atoms with E-state index in [2.05, 4.69) is 0 Å². The summed E-state index contributed by atoms with van der Waals surface area (Å²) >= 11 is 0. The summed E-state index contributed by atoms with van der Waals surface area (Å²) in [5.41, 5.74) is 1.47. The molecule has 2 aromatic carbocycles. The number of ether oxygens (including phenoxy) is 4. The fourth-order valence-electron chi connectivity index (χ4n) is 5.06. The predicted molar refractivity (Wildman–Crippen MR) is 146 cm³/mol. The molecule has 0 saturated heterocycles. The molecule has 0 aromatic heterocycles. The lowest BCUT2D eigenvalue weighted by molar-refractivity contribution is -0.135. The van der Waals surface area contributed by atoms with Crippen molar-refractivity contribution in [3.63, 3.8) is 0 Å². The molecule has 2 heterocycles. The van der Waals surface area contributed by atoms with Gasteiger partial charge in [0.2, 0.25) is 0 Å². The van der Waals surface area contributed by atoms with Gasteiger partial charge in [-0.3, -0.25) is 9.59 Å². The number of benzene rings is 2. The normalized spacial score (nSPS) is 20.4. The third-order valence-electron chi connectivity index (χ3n) is 6.93. The summed E-state index contributed by atoms with van der Waals surface area (Å²) in [5, 5.41) is 11.6. The van der Waals surface area contributed by atoms with Crippen LogP contribution in [0.25, 0.3) is 6.08 Å². The number of phenolic OH excluding ortho intramolecular Hbond substituents is 1. The second kappa shape index (κ2) is 12.4. The average Bonchev–Trinajstić information content (AvgIpc) is 2.87. The van der Waals surface area contributed by atoms with Crippen LogP contribution in [0.2, 0.25) is 0 Å². The second-order valence-electron chi connectivity index (χ2n) is 10.4. The number of carbonyl (C=O) groups is 3. The van der Waals surface area contributed by atoms with E-state index >= 15 is 0 Å². The van der Waals surface area contributed by atoms with Crippen molar-refractivity contribution in [2.24, 2.45) is 0 Å². The highest BCUT2D eigenvalue weighted by molar-refractivity contribution is 5.98. The summed E-state index contributed by atoms with van der Waals surface area (Å²) in [4.78, 5) is 38.2. The van der Waals surface area contributed by atoms with Crippen LogP contribution in [0.3, 0.4) is 0 Å². The van der Waals surface area contributed by atoms with Crippen LogP contribution in [-0.2, 0) is 14.3 Å². The number of ketones is 1. The van der Waals surface area contributed by atoms with Crippen LogP contribution in [0.15, 0.2) is 30.3 Å². The molecule has 0 fully saturated rings. The minimum absolute atomic E-state index is 0.0257. The van der Waals surface area contributed by atoms with Gasteiger partial charge < -0.3 is 24.1 Å². The van der Waals surface area contributed by atoms with Crippen molar-refractivity contribution >= 4 is 23.8 Å². The van der Waals surface area contributed by atoms with Gasteiger partial charge in [0.25, 0.3) is 0 Å². The van der Waals surface area contributed by atoms with Crippen LogP contribution in [0.4, 0.5) is 0 Å². The minimum Gasteiger partial charge on any atom is -0.507 e. The van der Waals surface area contributed by atoms with Crippen LogP contribution in [0, 0.1) is 0 Å². The van der Waals surface area contributed by atoms with E-state index in [0.29, 0.717) is 66.7 Å². The number of allylic oxidation sites excluding steroid dienone is 1. The Bertz CT molecular complexity index is 1280. The Labute approximate surface area is 228 Å². The van der Waals surface area contributed by atoms with Gasteiger partial charge in [-0.05, 0) is 75.8 Å². The van der Waals surface area contributed by atoms with E-state index < -0.39 is 24.0 Å². The van der Waals surface area contributed by atoms with E-state index in [-0.39, 0.29) is 35.4 Å². The first kappa shape index (κ1) is 28.2. The molecule has 0 aliphatic carbocycles. The van der Waals surface area contributed by atoms with Crippen molar-refractivity contribution in [2.75, 3.05) is 7.11 Å². The van der Waals surface area contributed by atoms with Crippen LogP contribution in [0.5, 0.6) is 23.0 Å². The Morgan fingerprint density at radius 1 is 1.05 bits per heavy atom. The molecular weight excluding hydrogens is 500 g/mol. The lowest BCUT2D eigenvalue weighted by atomic mass is 9.83. The second-order valence-corrected chi connectivity index (χ2v) is 10.4. The summed E-state index contributed by atoms with van der Waals surface area (Å²) < 4.78 is 22.6. The number of esters is 2. The van der Waals surface area contributed by atoms with E-state index in [1.54, 1.807) is 38.3 Å². The van der Waals surface area contributed by atoms with E-state index in [1.165, 1.54) is 0 Å². The van der Waals surface area contributed by atoms with Crippen molar-refractivity contribution in [1.29, 1.82) is 0 Å². The SMILES string of the molecule is COc1ccc(C2CC(=O)Oc3cc4c(c(O)c32)C(=O)O[C@@H](C)CCCC(=O)CCCC=C4)cc1OC(C)C. The maximum atomic E-state index is 13.4. The molecule has 1 unspecified atom stereocenters. The van der Waals surface area contributed by atoms with Crippen molar-refractivity contribution in [3.05, 3.63) is 52.6 Å². The molecule has 0 bridgehead atoms. The van der Waals surface area contributed by atoms with Gasteiger partial charge in [0, 0.05) is 24.3 Å². The average molecular weight is 537 g/mol. The number of phenols is 1. The molecular formula is C31H36O8. The maximum absolute atomic E-state index is 13.4. The highest BCUT2D eigenvalue weighted by atomic mass is 16.5. The van der Waals surface area contributed by atoms with Gasteiger partial charge in [0.1, 0.15) is 22.8 Å². The number of aromatic hydroxyl groups is 1. The van der Waals surface area contributed by atoms with Crippen molar-refractivity contribution < 1.29 is 38.4 Å². The third-order valence-corrected chi connectivity index (χ3v) is 6.93. The third kappa shape index (κ3) is 6.61. The lowest BCUT2D eigenvalue weighted by Crippen LogP contribution is -2.23. The molecule has 1 N–H and O–H groups in total. The van der Waals surface area contributed by atoms with Gasteiger partial charge in [0.05, 0.1) is 25.7 Å². The molecule has 0 spiro atoms. The van der Waals surface area contributed by atoms with Crippen molar-refractivity contribution in [1.82, 2.24) is 0 Å². The maximum Gasteiger partial charge on any atom is 0.342 e. The first-order chi connectivity index (χ1) is 18.7. The number of hydrogen-bond donors (Lipinski definition) is 1. The van der Waals surface area contributed by atoms with Crippen LogP contribution >= 0.6 is 0 Å². The van der Waals surface area contributed by atoms with E-state index in [1.807, 2.05) is 26.0 Å². The zero-order chi connectivity index (χ0) is 28.1. The number of cyclic esters (lactones) is 1. The smallest absolute Gasteiger partial charge is 0.342 e. The molecule has 2 atom stereocenters. The summed E-state index contributed by atoms with van der Waals surface area (Å²) in [6.45, 7) is 5.58. The van der Waals surface area contributed by atoms with E-state index in [4.69, 9.17) is 18.9 Å². The fraction of sp³-hybridized carbons (Fsp3) is 0.452. The minimum atomic E-state index is -0.667.